The second kappa shape index (κ2) is 8.43. The van der Waals surface area contributed by atoms with Crippen LogP contribution in [0.5, 0.6) is 0 Å². The Balaban J connectivity index is 1.26. The number of carbonyl (C=O) groups is 1. The van der Waals surface area contributed by atoms with Crippen molar-refractivity contribution in [3.05, 3.63) is 42.1 Å². The molecular weight excluding hydrogens is 354 g/mol. The Morgan fingerprint density at radius 3 is 2.71 bits per heavy atom. The number of nitrogens with one attached hydrogen (secondary N) is 3. The van der Waals surface area contributed by atoms with Crippen molar-refractivity contribution in [3.63, 3.8) is 0 Å². The molecule has 2 aliphatic rings. The van der Waals surface area contributed by atoms with Gasteiger partial charge in [-0.15, -0.1) is 0 Å². The molecule has 2 aliphatic heterocycles. The fourth-order valence-electron chi connectivity index (χ4n) is 3.58. The zero-order valence-electron chi connectivity index (χ0n) is 16.2. The number of benzene rings is 1. The number of aromatic nitrogens is 2. The summed E-state index contributed by atoms with van der Waals surface area (Å²) in [7, 11) is 1.80. The molecule has 0 spiro atoms. The van der Waals surface area contributed by atoms with Gasteiger partial charge in [0.05, 0.1) is 0 Å². The van der Waals surface area contributed by atoms with E-state index in [1.54, 1.807) is 13.2 Å². The van der Waals surface area contributed by atoms with E-state index in [0.717, 1.165) is 37.6 Å². The second-order valence-corrected chi connectivity index (χ2v) is 7.35. The van der Waals surface area contributed by atoms with Crippen molar-refractivity contribution >= 4 is 23.5 Å². The highest BCUT2D eigenvalue weighted by Gasteiger charge is 2.25. The van der Waals surface area contributed by atoms with Crippen LogP contribution >= 0.6 is 0 Å². The predicted octanol–water partition coefficient (Wildman–Crippen LogP) is 2.12. The van der Waals surface area contributed by atoms with Crippen molar-refractivity contribution in [2.45, 2.75) is 25.4 Å². The Morgan fingerprint density at radius 2 is 2.00 bits per heavy atom. The summed E-state index contributed by atoms with van der Waals surface area (Å²) in [6.45, 7) is 4.96. The van der Waals surface area contributed by atoms with E-state index in [1.807, 2.05) is 18.2 Å². The molecule has 148 valence electrons. The molecule has 3 heterocycles. The summed E-state index contributed by atoms with van der Waals surface area (Å²) >= 11 is 0. The van der Waals surface area contributed by atoms with Crippen LogP contribution < -0.4 is 20.9 Å². The van der Waals surface area contributed by atoms with Gasteiger partial charge in [-0.1, -0.05) is 12.1 Å². The van der Waals surface area contributed by atoms with E-state index in [0.29, 0.717) is 5.95 Å². The fourth-order valence-corrected chi connectivity index (χ4v) is 3.58. The lowest BCUT2D eigenvalue weighted by Gasteiger charge is -2.30. The van der Waals surface area contributed by atoms with Crippen LogP contribution in [-0.4, -0.2) is 60.2 Å². The zero-order valence-corrected chi connectivity index (χ0v) is 16.2. The van der Waals surface area contributed by atoms with Crippen LogP contribution in [0.2, 0.25) is 0 Å². The molecule has 0 radical (unpaired) electrons. The molecule has 3 N–H and O–H groups in total. The number of anilines is 3. The van der Waals surface area contributed by atoms with Crippen molar-refractivity contribution in [3.8, 4) is 0 Å². The van der Waals surface area contributed by atoms with Crippen LogP contribution in [0, 0.1) is 0 Å². The number of nitrogens with zero attached hydrogens (tertiary/aromatic N) is 4. The fraction of sp³-hybridized carbons (Fsp3) is 0.450. The van der Waals surface area contributed by atoms with Gasteiger partial charge in [0.15, 0.2) is 0 Å². The average Bonchev–Trinajstić information content (AvgIpc) is 3.14. The maximum Gasteiger partial charge on any atom is 0.319 e. The molecule has 1 aromatic carbocycles. The maximum atomic E-state index is 12.3. The number of hydrogen-bond acceptors (Lipinski definition) is 6. The van der Waals surface area contributed by atoms with Gasteiger partial charge in [0.1, 0.15) is 5.82 Å². The summed E-state index contributed by atoms with van der Waals surface area (Å²) in [5.74, 6) is 1.48. The third-order valence-electron chi connectivity index (χ3n) is 5.28. The first-order valence-corrected chi connectivity index (χ1v) is 9.84. The molecule has 1 aromatic heterocycles. The van der Waals surface area contributed by atoms with Gasteiger partial charge in [-0.2, -0.15) is 4.98 Å². The molecular formula is C20H27N7O. The van der Waals surface area contributed by atoms with Gasteiger partial charge in [-0.25, -0.2) is 9.78 Å². The van der Waals surface area contributed by atoms with E-state index in [4.69, 9.17) is 0 Å². The molecule has 0 bridgehead atoms. The highest BCUT2D eigenvalue weighted by Crippen LogP contribution is 2.19. The Bertz CT molecular complexity index is 806. The molecule has 0 saturated carbocycles. The molecule has 2 fully saturated rings. The van der Waals surface area contributed by atoms with Crippen LogP contribution in [0.3, 0.4) is 0 Å². The van der Waals surface area contributed by atoms with E-state index in [9.17, 15) is 4.79 Å². The molecule has 1 unspecified atom stereocenters. The highest BCUT2D eigenvalue weighted by molar-refractivity contribution is 5.89. The smallest absolute Gasteiger partial charge is 0.319 e. The number of carbonyl (C=O) groups excluding carboxylic acids is 1. The lowest BCUT2D eigenvalue weighted by Crippen LogP contribution is -2.39. The summed E-state index contributed by atoms with van der Waals surface area (Å²) in [4.78, 5) is 25.5. The lowest BCUT2D eigenvalue weighted by atomic mass is 10.1. The first-order chi connectivity index (χ1) is 13.7. The first-order valence-electron chi connectivity index (χ1n) is 9.84. The first kappa shape index (κ1) is 18.5. The number of amides is 2. The summed E-state index contributed by atoms with van der Waals surface area (Å²) in [5.41, 5.74) is 2.09. The van der Waals surface area contributed by atoms with Gasteiger partial charge in [0.25, 0.3) is 0 Å². The molecule has 2 saturated heterocycles. The standard InChI is InChI=1S/C20H27N7O/c1-21-19-22-9-7-18(25-19)27-12-8-17(14-27)24-20(28)23-16-5-3-15(4-6-16)13-26-10-2-11-26/h3-7,9,17H,2,8,10-14H2,1H3,(H,21,22,25)(H2,23,24,28). The van der Waals surface area contributed by atoms with Crippen molar-refractivity contribution in [1.82, 2.24) is 20.2 Å². The van der Waals surface area contributed by atoms with Crippen LogP contribution in [0.15, 0.2) is 36.5 Å². The van der Waals surface area contributed by atoms with E-state index in [-0.39, 0.29) is 12.1 Å². The minimum Gasteiger partial charge on any atom is -0.357 e. The third-order valence-corrected chi connectivity index (χ3v) is 5.28. The van der Waals surface area contributed by atoms with Gasteiger partial charge >= 0.3 is 6.03 Å². The van der Waals surface area contributed by atoms with E-state index in [2.05, 4.69) is 47.9 Å². The molecule has 28 heavy (non-hydrogen) atoms. The van der Waals surface area contributed by atoms with Crippen LogP contribution in [-0.2, 0) is 6.54 Å². The Hall–Kier alpha value is -2.87. The van der Waals surface area contributed by atoms with E-state index < -0.39 is 0 Å². The third kappa shape index (κ3) is 4.51. The topological polar surface area (TPSA) is 85.4 Å². The minimum atomic E-state index is -0.166. The maximum absolute atomic E-state index is 12.3. The van der Waals surface area contributed by atoms with Crippen LogP contribution in [0.1, 0.15) is 18.4 Å². The second-order valence-electron chi connectivity index (χ2n) is 7.35. The predicted molar refractivity (Wildman–Crippen MR) is 111 cm³/mol. The summed E-state index contributed by atoms with van der Waals surface area (Å²) in [6, 6.07) is 9.93. The quantitative estimate of drug-likeness (QED) is 0.711. The molecule has 2 amide bonds. The monoisotopic (exact) mass is 381 g/mol. The molecule has 4 rings (SSSR count). The molecule has 8 heteroatoms. The normalized spacial score (nSPS) is 19.2. The molecule has 0 aliphatic carbocycles. The Labute approximate surface area is 165 Å². The Kier molecular flexibility index (Phi) is 5.57. The highest BCUT2D eigenvalue weighted by atomic mass is 16.2. The number of urea groups is 1. The summed E-state index contributed by atoms with van der Waals surface area (Å²) in [5, 5.41) is 8.95. The number of rotatable bonds is 6. The zero-order chi connectivity index (χ0) is 19.3. The number of likely N-dealkylation sites (tertiary alicyclic amines) is 1. The van der Waals surface area contributed by atoms with Crippen molar-refractivity contribution in [2.75, 3.05) is 48.8 Å². The molecule has 1 atom stereocenters. The lowest BCUT2D eigenvalue weighted by molar-refractivity contribution is 0.172. The van der Waals surface area contributed by atoms with Gasteiger partial charge < -0.3 is 20.9 Å². The van der Waals surface area contributed by atoms with Crippen LogP contribution in [0.4, 0.5) is 22.2 Å². The molecule has 2 aromatic rings. The largest absolute Gasteiger partial charge is 0.357 e. The van der Waals surface area contributed by atoms with Gasteiger partial charge in [-0.05, 0) is 49.7 Å². The van der Waals surface area contributed by atoms with Crippen molar-refractivity contribution in [1.29, 1.82) is 0 Å². The minimum absolute atomic E-state index is 0.0960. The molecule has 8 nitrogen and oxygen atoms in total. The van der Waals surface area contributed by atoms with Gasteiger partial charge in [-0.3, -0.25) is 4.90 Å². The van der Waals surface area contributed by atoms with E-state index in [1.165, 1.54) is 25.1 Å². The van der Waals surface area contributed by atoms with E-state index >= 15 is 0 Å². The summed E-state index contributed by atoms with van der Waals surface area (Å²) in [6.07, 6.45) is 3.93. The van der Waals surface area contributed by atoms with Gasteiger partial charge in [0.2, 0.25) is 5.95 Å². The average molecular weight is 381 g/mol. The summed E-state index contributed by atoms with van der Waals surface area (Å²) < 4.78 is 0. The van der Waals surface area contributed by atoms with Crippen LogP contribution in [0.25, 0.3) is 0 Å². The van der Waals surface area contributed by atoms with Crippen molar-refractivity contribution in [2.24, 2.45) is 0 Å². The van der Waals surface area contributed by atoms with Crippen molar-refractivity contribution < 1.29 is 4.79 Å². The van der Waals surface area contributed by atoms with Gasteiger partial charge in [0, 0.05) is 44.6 Å². The SMILES string of the molecule is CNc1nccc(N2CCC(NC(=O)Nc3ccc(CN4CCC4)cc3)C2)n1. The Morgan fingerprint density at radius 1 is 1.18 bits per heavy atom. The number of hydrogen-bond donors (Lipinski definition) is 3.